The number of nitrogens with one attached hydrogen (secondary N) is 2. The van der Waals surface area contributed by atoms with Gasteiger partial charge in [0.05, 0.1) is 12.6 Å². The van der Waals surface area contributed by atoms with E-state index in [-0.39, 0.29) is 6.04 Å². The van der Waals surface area contributed by atoms with Gasteiger partial charge in [-0.3, -0.25) is 9.59 Å². The second-order valence-electron chi connectivity index (χ2n) is 7.02. The summed E-state index contributed by atoms with van der Waals surface area (Å²) in [7, 11) is 3.88. The Labute approximate surface area is 169 Å². The van der Waals surface area contributed by atoms with Gasteiger partial charge in [0.15, 0.2) is 0 Å². The maximum Gasteiger partial charge on any atom is 0.313 e. The Hall–Kier alpha value is -2.57. The molecule has 148 valence electrons. The number of anilines is 1. The number of carbonyl (C=O) groups is 2. The monoisotopic (exact) mass is 401 g/mol. The molecule has 0 bridgehead atoms. The molecule has 28 heavy (non-hydrogen) atoms. The van der Waals surface area contributed by atoms with Crippen LogP contribution in [0.5, 0.6) is 5.75 Å². The average molecular weight is 402 g/mol. The lowest BCUT2D eigenvalue weighted by Crippen LogP contribution is -2.40. The van der Waals surface area contributed by atoms with Crippen LogP contribution in [0.2, 0.25) is 5.02 Å². The molecule has 0 aliphatic carbocycles. The molecule has 1 aliphatic heterocycles. The Bertz CT molecular complexity index is 898. The minimum atomic E-state index is -0.717. The van der Waals surface area contributed by atoms with Gasteiger partial charge < -0.3 is 20.3 Å². The van der Waals surface area contributed by atoms with Crippen molar-refractivity contribution in [2.45, 2.75) is 19.4 Å². The molecule has 3 rings (SSSR count). The number of halogens is 1. The highest BCUT2D eigenvalue weighted by atomic mass is 35.5. The van der Waals surface area contributed by atoms with Gasteiger partial charge in [-0.15, -0.1) is 0 Å². The van der Waals surface area contributed by atoms with Crippen molar-refractivity contribution >= 4 is 29.1 Å². The van der Waals surface area contributed by atoms with E-state index >= 15 is 0 Å². The molecule has 0 spiro atoms. The van der Waals surface area contributed by atoms with Gasteiger partial charge in [-0.25, -0.2) is 0 Å². The molecule has 1 heterocycles. The molecule has 0 fully saturated rings. The molecule has 0 radical (unpaired) electrons. The molecular formula is C21H24ClN3O3. The molecule has 0 saturated carbocycles. The van der Waals surface area contributed by atoms with Crippen molar-refractivity contribution in [2.75, 3.05) is 32.6 Å². The zero-order chi connectivity index (χ0) is 20.3. The second kappa shape index (κ2) is 8.63. The number of hydrogen-bond acceptors (Lipinski definition) is 4. The van der Waals surface area contributed by atoms with Crippen LogP contribution in [0.1, 0.15) is 22.7 Å². The van der Waals surface area contributed by atoms with E-state index in [4.69, 9.17) is 16.3 Å². The van der Waals surface area contributed by atoms with E-state index in [1.165, 1.54) is 5.56 Å². The van der Waals surface area contributed by atoms with Gasteiger partial charge in [-0.2, -0.15) is 0 Å². The summed E-state index contributed by atoms with van der Waals surface area (Å²) in [6, 6.07) is 11.2. The Morgan fingerprint density at radius 2 is 2.00 bits per heavy atom. The lowest BCUT2D eigenvalue weighted by Gasteiger charge is -2.25. The fourth-order valence-corrected chi connectivity index (χ4v) is 3.38. The van der Waals surface area contributed by atoms with Gasteiger partial charge in [0.25, 0.3) is 0 Å². The summed E-state index contributed by atoms with van der Waals surface area (Å²) in [6.45, 7) is 2.80. The van der Waals surface area contributed by atoms with Gasteiger partial charge in [0.1, 0.15) is 5.75 Å². The first kappa shape index (κ1) is 20.2. The summed E-state index contributed by atoms with van der Waals surface area (Å²) >= 11 is 6.06. The maximum absolute atomic E-state index is 12.3. The third kappa shape index (κ3) is 4.46. The highest BCUT2D eigenvalue weighted by Gasteiger charge is 2.21. The van der Waals surface area contributed by atoms with E-state index in [0.717, 1.165) is 23.3 Å². The van der Waals surface area contributed by atoms with Crippen LogP contribution in [0.4, 0.5) is 5.69 Å². The zero-order valence-corrected chi connectivity index (χ0v) is 17.0. The topological polar surface area (TPSA) is 70.7 Å². The Balaban J connectivity index is 1.64. The first-order chi connectivity index (χ1) is 13.4. The third-order valence-electron chi connectivity index (χ3n) is 4.90. The van der Waals surface area contributed by atoms with Crippen LogP contribution in [-0.2, 0) is 16.0 Å². The van der Waals surface area contributed by atoms with Gasteiger partial charge in [-0.1, -0.05) is 29.8 Å². The smallest absolute Gasteiger partial charge is 0.313 e. The molecule has 2 amide bonds. The molecule has 0 saturated heterocycles. The molecule has 0 unspecified atom stereocenters. The van der Waals surface area contributed by atoms with Crippen LogP contribution < -0.4 is 15.4 Å². The molecule has 1 atom stereocenters. The lowest BCUT2D eigenvalue weighted by atomic mass is 10.0. The van der Waals surface area contributed by atoms with Crippen molar-refractivity contribution in [2.24, 2.45) is 0 Å². The number of nitrogens with zero attached hydrogens (tertiary/aromatic N) is 1. The number of hydrogen-bond donors (Lipinski definition) is 2. The normalized spacial score (nSPS) is 13.6. The number of carbonyl (C=O) groups excluding carboxylic acids is 2. The molecule has 1 aliphatic rings. The van der Waals surface area contributed by atoms with E-state index in [2.05, 4.69) is 16.7 Å². The summed E-state index contributed by atoms with van der Waals surface area (Å²) < 4.78 is 5.55. The molecule has 2 N–H and O–H groups in total. The van der Waals surface area contributed by atoms with Crippen LogP contribution in [-0.4, -0.2) is 44.0 Å². The van der Waals surface area contributed by atoms with Crippen molar-refractivity contribution in [1.82, 2.24) is 10.2 Å². The summed E-state index contributed by atoms with van der Waals surface area (Å²) in [6.07, 6.45) is 0.886. The van der Waals surface area contributed by atoms with Crippen LogP contribution in [0.15, 0.2) is 36.4 Å². The van der Waals surface area contributed by atoms with Crippen LogP contribution >= 0.6 is 11.6 Å². The van der Waals surface area contributed by atoms with Crippen molar-refractivity contribution < 1.29 is 14.3 Å². The van der Waals surface area contributed by atoms with Gasteiger partial charge >= 0.3 is 11.8 Å². The predicted molar refractivity (Wildman–Crippen MR) is 110 cm³/mol. The second-order valence-corrected chi connectivity index (χ2v) is 7.43. The number of amides is 2. The average Bonchev–Trinajstić information content (AvgIpc) is 3.13. The first-order valence-corrected chi connectivity index (χ1v) is 9.51. The highest BCUT2D eigenvalue weighted by molar-refractivity contribution is 6.40. The quantitative estimate of drug-likeness (QED) is 0.756. The number of rotatable bonds is 5. The molecular weight excluding hydrogens is 378 g/mol. The van der Waals surface area contributed by atoms with E-state index in [1.54, 1.807) is 25.1 Å². The predicted octanol–water partition coefficient (Wildman–Crippen LogP) is 2.94. The minimum absolute atomic E-state index is 0.0597. The number of likely N-dealkylation sites (N-methyl/N-ethyl adjacent to an activating group) is 1. The van der Waals surface area contributed by atoms with Crippen molar-refractivity contribution in [3.8, 4) is 5.75 Å². The summed E-state index contributed by atoms with van der Waals surface area (Å²) in [5.74, 6) is -0.484. The number of benzene rings is 2. The van der Waals surface area contributed by atoms with E-state index in [1.807, 2.05) is 31.1 Å². The standard InChI is InChI=1S/C21H24ClN3O3/c1-13-16(22)5-4-6-17(13)24-21(27)20(26)23-12-18(25(2)3)14-7-8-19-15(11-14)9-10-28-19/h4-8,11,18H,9-10,12H2,1-3H3,(H,23,26)(H,24,27)/t18-/m0/s1. The fraction of sp³-hybridized carbons (Fsp3) is 0.333. The van der Waals surface area contributed by atoms with E-state index in [0.29, 0.717) is 23.9 Å². The maximum atomic E-state index is 12.3. The van der Waals surface area contributed by atoms with Gasteiger partial charge in [0.2, 0.25) is 0 Å². The zero-order valence-electron chi connectivity index (χ0n) is 16.2. The van der Waals surface area contributed by atoms with Crippen molar-refractivity contribution in [3.05, 3.63) is 58.1 Å². The van der Waals surface area contributed by atoms with Crippen LogP contribution in [0.3, 0.4) is 0 Å². The number of ether oxygens (including phenoxy) is 1. The molecule has 2 aromatic rings. The van der Waals surface area contributed by atoms with E-state index in [9.17, 15) is 9.59 Å². The van der Waals surface area contributed by atoms with Crippen molar-refractivity contribution in [1.29, 1.82) is 0 Å². The highest BCUT2D eigenvalue weighted by Crippen LogP contribution is 2.29. The van der Waals surface area contributed by atoms with Crippen molar-refractivity contribution in [3.63, 3.8) is 0 Å². The first-order valence-electron chi connectivity index (χ1n) is 9.13. The van der Waals surface area contributed by atoms with Crippen LogP contribution in [0, 0.1) is 6.92 Å². The third-order valence-corrected chi connectivity index (χ3v) is 5.31. The Morgan fingerprint density at radius 3 is 2.75 bits per heavy atom. The molecule has 6 nitrogen and oxygen atoms in total. The van der Waals surface area contributed by atoms with E-state index < -0.39 is 11.8 Å². The SMILES string of the molecule is Cc1c(Cl)cccc1NC(=O)C(=O)NC[C@@H](c1ccc2c(c1)CCO2)N(C)C. The fourth-order valence-electron chi connectivity index (χ4n) is 3.20. The Kier molecular flexibility index (Phi) is 6.21. The molecule has 2 aromatic carbocycles. The summed E-state index contributed by atoms with van der Waals surface area (Å²) in [5.41, 5.74) is 3.48. The minimum Gasteiger partial charge on any atom is -0.493 e. The largest absolute Gasteiger partial charge is 0.493 e. The molecule has 0 aromatic heterocycles. The lowest BCUT2D eigenvalue weighted by molar-refractivity contribution is -0.136. The van der Waals surface area contributed by atoms with Gasteiger partial charge in [-0.05, 0) is 55.9 Å². The molecule has 7 heteroatoms. The summed E-state index contributed by atoms with van der Waals surface area (Å²) in [4.78, 5) is 26.6. The van der Waals surface area contributed by atoms with Crippen LogP contribution in [0.25, 0.3) is 0 Å². The summed E-state index contributed by atoms with van der Waals surface area (Å²) in [5, 5.41) is 5.87. The number of fused-ring (bicyclic) bond motifs is 1. The van der Waals surface area contributed by atoms with Gasteiger partial charge in [0, 0.05) is 23.7 Å². The Morgan fingerprint density at radius 1 is 1.21 bits per heavy atom.